The van der Waals surface area contributed by atoms with E-state index in [9.17, 15) is 4.79 Å². The molecule has 0 aliphatic carbocycles. The van der Waals surface area contributed by atoms with Crippen molar-refractivity contribution >= 4 is 39.6 Å². The number of ether oxygens (including phenoxy) is 3. The van der Waals surface area contributed by atoms with E-state index >= 15 is 0 Å². The minimum Gasteiger partial charge on any atom is -0.493 e. The van der Waals surface area contributed by atoms with E-state index < -0.39 is 0 Å². The third-order valence-corrected chi connectivity index (χ3v) is 6.69. The Bertz CT molecular complexity index is 1480. The topological polar surface area (TPSA) is 147 Å². The lowest BCUT2D eigenvalue weighted by atomic mass is 10.1. The Morgan fingerprint density at radius 2 is 1.76 bits per heavy atom. The van der Waals surface area contributed by atoms with Gasteiger partial charge in [-0.15, -0.1) is 0 Å². The molecule has 2 aromatic carbocycles. The molecule has 0 aliphatic rings. The largest absolute Gasteiger partial charge is 0.493 e. The first-order valence-electron chi connectivity index (χ1n) is 11.5. The van der Waals surface area contributed by atoms with E-state index in [1.54, 1.807) is 52.5 Å². The molecule has 198 valence electrons. The highest BCUT2D eigenvalue weighted by Gasteiger charge is 2.20. The first kappa shape index (κ1) is 26.5. The number of benzene rings is 2. The normalized spacial score (nSPS) is 11.3. The van der Waals surface area contributed by atoms with Crippen molar-refractivity contribution in [3.8, 4) is 39.4 Å². The molecule has 0 radical (unpaired) electrons. The van der Waals surface area contributed by atoms with Gasteiger partial charge in [-0.25, -0.2) is 4.98 Å². The summed E-state index contributed by atoms with van der Waals surface area (Å²) in [6.45, 7) is 5.49. The molecule has 2 heterocycles. The fourth-order valence-corrected chi connectivity index (χ4v) is 4.37. The van der Waals surface area contributed by atoms with Crippen molar-refractivity contribution in [1.29, 1.82) is 0 Å². The molecule has 0 saturated heterocycles. The Kier molecular flexibility index (Phi) is 7.82. The van der Waals surface area contributed by atoms with Gasteiger partial charge in [0.1, 0.15) is 10.7 Å². The lowest BCUT2D eigenvalue weighted by molar-refractivity contribution is -0.112. The molecule has 4 aromatic rings. The minimum atomic E-state index is -0.180. The fourth-order valence-electron chi connectivity index (χ4n) is 3.54. The molecule has 0 saturated carbocycles. The number of amides is 1. The van der Waals surface area contributed by atoms with Crippen LogP contribution in [0.3, 0.4) is 0 Å². The van der Waals surface area contributed by atoms with Gasteiger partial charge in [-0.05, 0) is 38.5 Å². The monoisotopic (exact) mass is 536 g/mol. The van der Waals surface area contributed by atoms with Gasteiger partial charge in [0.2, 0.25) is 11.6 Å². The van der Waals surface area contributed by atoms with Gasteiger partial charge in [-0.1, -0.05) is 28.6 Å². The Balaban J connectivity index is 1.60. The zero-order chi connectivity index (χ0) is 27.4. The number of aryl methyl sites for hydroxylation is 1. The number of nitrogens with zero attached hydrogens (tertiary/aromatic N) is 3. The average Bonchev–Trinajstić information content (AvgIpc) is 3.54. The third kappa shape index (κ3) is 5.39. The maximum Gasteiger partial charge on any atom is 0.272 e. The lowest BCUT2D eigenvalue weighted by Crippen LogP contribution is -2.12. The molecule has 0 bridgehead atoms. The second-order valence-corrected chi connectivity index (χ2v) is 9.15. The van der Waals surface area contributed by atoms with Gasteiger partial charge < -0.3 is 35.1 Å². The van der Waals surface area contributed by atoms with Crippen LogP contribution in [-0.4, -0.2) is 42.4 Å². The number of carbonyl (C=O) groups excluding carboxylic acids is 1. The van der Waals surface area contributed by atoms with Crippen molar-refractivity contribution in [3.63, 3.8) is 0 Å². The van der Waals surface area contributed by atoms with E-state index in [2.05, 4.69) is 25.8 Å². The molecule has 2 aromatic heterocycles. The van der Waals surface area contributed by atoms with Crippen molar-refractivity contribution in [2.45, 2.75) is 20.8 Å². The van der Waals surface area contributed by atoms with Crippen LogP contribution in [-0.2, 0) is 4.79 Å². The highest BCUT2D eigenvalue weighted by atomic mass is 32.1. The molecule has 38 heavy (non-hydrogen) atoms. The number of nitrogens with one attached hydrogen (secondary N) is 2. The van der Waals surface area contributed by atoms with Gasteiger partial charge >= 0.3 is 0 Å². The summed E-state index contributed by atoms with van der Waals surface area (Å²) in [4.78, 5) is 21.7. The number of carbonyl (C=O) groups is 1. The molecule has 12 heteroatoms. The zero-order valence-corrected chi connectivity index (χ0v) is 22.6. The van der Waals surface area contributed by atoms with E-state index in [4.69, 9.17) is 24.5 Å². The van der Waals surface area contributed by atoms with Gasteiger partial charge in [0.05, 0.1) is 21.3 Å². The van der Waals surface area contributed by atoms with Crippen molar-refractivity contribution in [3.05, 3.63) is 47.5 Å². The van der Waals surface area contributed by atoms with Crippen LogP contribution in [0.15, 0.2) is 46.5 Å². The molecule has 0 fully saturated rings. The number of methoxy groups -OCH3 is 3. The maximum atomic E-state index is 12.3. The number of nitrogens with two attached hydrogens (primary N) is 1. The maximum absolute atomic E-state index is 12.3. The van der Waals surface area contributed by atoms with E-state index in [0.717, 1.165) is 11.1 Å². The Hall–Kier alpha value is -4.58. The summed E-state index contributed by atoms with van der Waals surface area (Å²) in [6, 6.07) is 9.03. The molecular weight excluding hydrogens is 508 g/mol. The summed E-state index contributed by atoms with van der Waals surface area (Å²) >= 11 is 1.25. The SMILES string of the molecule is C/C=C(\C)C(=O)Nc1ccc(C)c(-c2noc(-c3sc(Nc4cc(OC)c(OC)c(OC)c4)nc3N)n2)c1. The van der Waals surface area contributed by atoms with Crippen LogP contribution in [0.5, 0.6) is 17.2 Å². The van der Waals surface area contributed by atoms with Crippen molar-refractivity contribution in [1.82, 2.24) is 15.1 Å². The van der Waals surface area contributed by atoms with Crippen molar-refractivity contribution in [2.24, 2.45) is 0 Å². The van der Waals surface area contributed by atoms with Crippen LogP contribution in [0.2, 0.25) is 0 Å². The van der Waals surface area contributed by atoms with E-state index in [1.165, 1.54) is 11.3 Å². The quantitative estimate of drug-likeness (QED) is 0.237. The van der Waals surface area contributed by atoms with Crippen molar-refractivity contribution < 1.29 is 23.5 Å². The predicted octanol–water partition coefficient (Wildman–Crippen LogP) is 5.42. The molecule has 0 spiro atoms. The number of anilines is 4. The summed E-state index contributed by atoms with van der Waals surface area (Å²) < 4.78 is 21.7. The summed E-state index contributed by atoms with van der Waals surface area (Å²) in [5.74, 6) is 2.12. The van der Waals surface area contributed by atoms with Crippen LogP contribution in [0.25, 0.3) is 22.2 Å². The van der Waals surface area contributed by atoms with Gasteiger partial charge in [-0.3, -0.25) is 4.79 Å². The van der Waals surface area contributed by atoms with Gasteiger partial charge in [-0.2, -0.15) is 4.98 Å². The number of thiazole rings is 1. The Morgan fingerprint density at radius 3 is 2.39 bits per heavy atom. The highest BCUT2D eigenvalue weighted by molar-refractivity contribution is 7.19. The van der Waals surface area contributed by atoms with Crippen LogP contribution < -0.4 is 30.6 Å². The summed E-state index contributed by atoms with van der Waals surface area (Å²) in [6.07, 6.45) is 1.75. The Labute approximate surface area is 223 Å². The molecule has 4 rings (SSSR count). The smallest absolute Gasteiger partial charge is 0.272 e. The second kappa shape index (κ2) is 11.2. The third-order valence-electron chi connectivity index (χ3n) is 5.72. The zero-order valence-electron chi connectivity index (χ0n) is 21.8. The first-order valence-corrected chi connectivity index (χ1v) is 12.3. The second-order valence-electron chi connectivity index (χ2n) is 8.15. The molecule has 0 atom stereocenters. The van der Waals surface area contributed by atoms with Crippen molar-refractivity contribution in [2.75, 3.05) is 37.7 Å². The van der Waals surface area contributed by atoms with E-state index in [-0.39, 0.29) is 17.6 Å². The van der Waals surface area contributed by atoms with E-state index in [0.29, 0.717) is 50.0 Å². The predicted molar refractivity (Wildman–Crippen MR) is 147 cm³/mol. The fraction of sp³-hybridized carbons (Fsp3) is 0.231. The molecule has 0 aliphatic heterocycles. The number of aromatic nitrogens is 3. The number of nitrogen functional groups attached to an aromatic ring is 1. The van der Waals surface area contributed by atoms with Gasteiger partial charge in [0.15, 0.2) is 16.6 Å². The first-order chi connectivity index (χ1) is 18.3. The number of hydrogen-bond donors (Lipinski definition) is 3. The van der Waals surface area contributed by atoms with Crippen LogP contribution in [0, 0.1) is 6.92 Å². The molecular formula is C26H28N6O5S. The Morgan fingerprint density at radius 1 is 1.05 bits per heavy atom. The van der Waals surface area contributed by atoms with Crippen LogP contribution >= 0.6 is 11.3 Å². The van der Waals surface area contributed by atoms with Crippen LogP contribution in [0.1, 0.15) is 19.4 Å². The summed E-state index contributed by atoms with van der Waals surface area (Å²) in [7, 11) is 4.63. The molecule has 0 unspecified atom stereocenters. The summed E-state index contributed by atoms with van der Waals surface area (Å²) in [5.41, 5.74) is 9.73. The molecule has 11 nitrogen and oxygen atoms in total. The summed E-state index contributed by atoms with van der Waals surface area (Å²) in [5, 5.41) is 10.7. The van der Waals surface area contributed by atoms with Gasteiger partial charge in [0.25, 0.3) is 11.8 Å². The average molecular weight is 537 g/mol. The number of hydrogen-bond acceptors (Lipinski definition) is 11. The standard InChI is InChI=1S/C26H28N6O5S/c1-7-13(2)24(33)28-15-9-8-14(3)17(10-15)23-31-25(37-32-23)21-22(27)30-26(38-21)29-16-11-18(34-4)20(36-6)19(12-16)35-5/h7-12H,27H2,1-6H3,(H,28,33)(H,29,30)/b13-7+. The number of rotatable bonds is 9. The van der Waals surface area contributed by atoms with E-state index in [1.807, 2.05) is 26.0 Å². The lowest BCUT2D eigenvalue weighted by Gasteiger charge is -2.14. The number of allylic oxidation sites excluding steroid dienone is 1. The minimum absolute atomic E-state index is 0.180. The highest BCUT2D eigenvalue weighted by Crippen LogP contribution is 2.42. The van der Waals surface area contributed by atoms with Gasteiger partial charge in [0, 0.05) is 34.6 Å². The van der Waals surface area contributed by atoms with Crippen LogP contribution in [0.4, 0.5) is 22.3 Å². The molecule has 1 amide bonds. The molecule has 4 N–H and O–H groups in total.